The van der Waals surface area contributed by atoms with Crippen molar-refractivity contribution >= 4 is 30.0 Å². The van der Waals surface area contributed by atoms with Crippen molar-refractivity contribution in [3.63, 3.8) is 0 Å². The quantitative estimate of drug-likeness (QED) is 0.507. The highest BCUT2D eigenvalue weighted by Crippen LogP contribution is 2.18. The monoisotopic (exact) mass is 372 g/mol. The molecular formula is C18H17ClN4OS. The molecule has 0 aliphatic heterocycles. The molecular weight excluding hydrogens is 356 g/mol. The van der Waals surface area contributed by atoms with E-state index in [9.17, 15) is 0 Å². The van der Waals surface area contributed by atoms with Crippen molar-refractivity contribution in [2.75, 3.05) is 0 Å². The second kappa shape index (κ2) is 8.09. The minimum absolute atomic E-state index is 0.452. The molecule has 25 heavy (non-hydrogen) atoms. The highest BCUT2D eigenvalue weighted by Gasteiger charge is 2.04. The van der Waals surface area contributed by atoms with Gasteiger partial charge in [-0.15, -0.1) is 0 Å². The summed E-state index contributed by atoms with van der Waals surface area (Å²) in [4.78, 5) is 0. The third kappa shape index (κ3) is 4.35. The third-order valence-electron chi connectivity index (χ3n) is 3.57. The molecule has 1 heterocycles. The number of rotatable bonds is 6. The van der Waals surface area contributed by atoms with Crippen molar-refractivity contribution < 1.29 is 4.74 Å². The highest BCUT2D eigenvalue weighted by molar-refractivity contribution is 7.71. The van der Waals surface area contributed by atoms with E-state index < -0.39 is 0 Å². The number of nitrogens with zero attached hydrogens (tertiary/aromatic N) is 3. The normalized spacial score (nSPS) is 11.1. The Morgan fingerprint density at radius 2 is 2.00 bits per heavy atom. The second-order valence-corrected chi connectivity index (χ2v) is 6.13. The standard InChI is InChI=1S/C18H17ClN4OS/c1-2-17-21-22-18(25)23(17)20-11-14-5-3-4-6-16(14)24-12-13-7-9-15(19)10-8-13/h3-11H,2,12H2,1H3,(H,22,25)/b20-11+. The molecule has 0 fully saturated rings. The summed E-state index contributed by atoms with van der Waals surface area (Å²) in [5, 5.41) is 12.0. The van der Waals surface area contributed by atoms with Gasteiger partial charge in [0.2, 0.25) is 4.77 Å². The zero-order chi connectivity index (χ0) is 17.6. The Morgan fingerprint density at radius 1 is 1.24 bits per heavy atom. The molecule has 3 rings (SSSR count). The summed E-state index contributed by atoms with van der Waals surface area (Å²) in [5.41, 5.74) is 1.91. The maximum absolute atomic E-state index is 5.93. The van der Waals surface area contributed by atoms with Gasteiger partial charge >= 0.3 is 0 Å². The molecule has 0 saturated heterocycles. The number of para-hydroxylation sites is 1. The number of benzene rings is 2. The molecule has 0 radical (unpaired) electrons. The van der Waals surface area contributed by atoms with E-state index in [1.165, 1.54) is 0 Å². The summed E-state index contributed by atoms with van der Waals surface area (Å²) in [6, 6.07) is 15.3. The van der Waals surface area contributed by atoms with Crippen LogP contribution in [0.1, 0.15) is 23.9 Å². The first kappa shape index (κ1) is 17.4. The van der Waals surface area contributed by atoms with Gasteiger partial charge in [0.25, 0.3) is 0 Å². The van der Waals surface area contributed by atoms with Crippen LogP contribution >= 0.6 is 23.8 Å². The van der Waals surface area contributed by atoms with Gasteiger partial charge in [-0.2, -0.15) is 14.9 Å². The van der Waals surface area contributed by atoms with Crippen molar-refractivity contribution in [1.29, 1.82) is 0 Å². The van der Waals surface area contributed by atoms with Crippen molar-refractivity contribution in [3.05, 3.63) is 75.3 Å². The lowest BCUT2D eigenvalue weighted by Crippen LogP contribution is -2.00. The topological polar surface area (TPSA) is 55.2 Å². The summed E-state index contributed by atoms with van der Waals surface area (Å²) >= 11 is 11.1. The van der Waals surface area contributed by atoms with Crippen molar-refractivity contribution in [1.82, 2.24) is 14.9 Å². The Bertz CT molecular complexity index is 931. The van der Waals surface area contributed by atoms with Crippen LogP contribution in [-0.2, 0) is 13.0 Å². The van der Waals surface area contributed by atoms with E-state index >= 15 is 0 Å². The van der Waals surface area contributed by atoms with Gasteiger partial charge in [0.15, 0.2) is 5.82 Å². The molecule has 128 valence electrons. The fraction of sp³-hybridized carbons (Fsp3) is 0.167. The number of aryl methyl sites for hydroxylation is 1. The van der Waals surface area contributed by atoms with Crippen LogP contribution in [0.25, 0.3) is 0 Å². The Balaban J connectivity index is 1.78. The number of hydrogen-bond acceptors (Lipinski definition) is 4. The summed E-state index contributed by atoms with van der Waals surface area (Å²) in [6.07, 6.45) is 2.46. The Kier molecular flexibility index (Phi) is 5.63. The lowest BCUT2D eigenvalue weighted by Gasteiger charge is -2.09. The number of halogens is 1. The van der Waals surface area contributed by atoms with Crippen LogP contribution in [0.3, 0.4) is 0 Å². The van der Waals surface area contributed by atoms with Crippen molar-refractivity contribution in [3.8, 4) is 5.75 Å². The van der Waals surface area contributed by atoms with Gasteiger partial charge in [0, 0.05) is 17.0 Å². The molecule has 0 aliphatic carbocycles. The van der Waals surface area contributed by atoms with Crippen LogP contribution in [-0.4, -0.2) is 21.1 Å². The molecule has 5 nitrogen and oxygen atoms in total. The first-order chi connectivity index (χ1) is 12.2. The van der Waals surface area contributed by atoms with Gasteiger partial charge < -0.3 is 4.74 Å². The predicted octanol–water partition coefficient (Wildman–Crippen LogP) is 4.62. The maximum atomic E-state index is 5.93. The predicted molar refractivity (Wildman–Crippen MR) is 102 cm³/mol. The number of aromatic amines is 1. The van der Waals surface area contributed by atoms with Crippen LogP contribution < -0.4 is 4.74 Å². The van der Waals surface area contributed by atoms with Gasteiger partial charge in [0.05, 0.1) is 6.21 Å². The zero-order valence-corrected chi connectivity index (χ0v) is 15.2. The molecule has 0 spiro atoms. The summed E-state index contributed by atoms with van der Waals surface area (Å²) < 4.78 is 8.01. The number of H-pyrrole nitrogens is 1. The molecule has 0 unspecified atom stereocenters. The van der Waals surface area contributed by atoms with E-state index in [0.29, 0.717) is 16.4 Å². The van der Waals surface area contributed by atoms with Crippen molar-refractivity contribution in [2.24, 2.45) is 5.10 Å². The first-order valence-electron chi connectivity index (χ1n) is 7.84. The Hall–Kier alpha value is -2.44. The van der Waals surface area contributed by atoms with Crippen LogP contribution in [0.2, 0.25) is 5.02 Å². The zero-order valence-electron chi connectivity index (χ0n) is 13.6. The average molecular weight is 373 g/mol. The molecule has 2 aromatic carbocycles. The molecule has 0 aliphatic rings. The summed E-state index contributed by atoms with van der Waals surface area (Å²) in [6.45, 7) is 2.45. The molecule has 7 heteroatoms. The van der Waals surface area contributed by atoms with E-state index in [4.69, 9.17) is 28.6 Å². The van der Waals surface area contributed by atoms with E-state index in [1.807, 2.05) is 55.5 Å². The van der Waals surface area contributed by atoms with Crippen molar-refractivity contribution in [2.45, 2.75) is 20.0 Å². The Labute approximate surface area is 155 Å². The van der Waals surface area contributed by atoms with Crippen LogP contribution in [0, 0.1) is 4.77 Å². The van der Waals surface area contributed by atoms with E-state index in [0.717, 1.165) is 29.1 Å². The number of hydrogen-bond donors (Lipinski definition) is 1. The summed E-state index contributed by atoms with van der Waals surface area (Å²) in [7, 11) is 0. The van der Waals surface area contributed by atoms with Gasteiger partial charge in [0.1, 0.15) is 12.4 Å². The molecule has 3 aromatic rings. The third-order valence-corrected chi connectivity index (χ3v) is 4.09. The van der Waals surface area contributed by atoms with Crippen LogP contribution in [0.15, 0.2) is 53.6 Å². The fourth-order valence-electron chi connectivity index (χ4n) is 2.25. The molecule has 0 saturated carbocycles. The van der Waals surface area contributed by atoms with Gasteiger partial charge in [-0.3, -0.25) is 5.10 Å². The molecule has 0 amide bonds. The number of ether oxygens (including phenoxy) is 1. The van der Waals surface area contributed by atoms with Gasteiger partial charge in [-0.25, -0.2) is 0 Å². The SMILES string of the molecule is CCc1n[nH]c(=S)n1/N=C/c1ccccc1OCc1ccc(Cl)cc1. The molecule has 1 aromatic heterocycles. The molecule has 0 bridgehead atoms. The minimum atomic E-state index is 0.452. The second-order valence-electron chi connectivity index (χ2n) is 5.31. The van der Waals surface area contributed by atoms with Gasteiger partial charge in [-0.05, 0) is 42.0 Å². The van der Waals surface area contributed by atoms with E-state index in [2.05, 4.69) is 15.3 Å². The fourth-order valence-corrected chi connectivity index (χ4v) is 2.58. The average Bonchev–Trinajstić information content (AvgIpc) is 3.00. The Morgan fingerprint density at radius 3 is 2.76 bits per heavy atom. The minimum Gasteiger partial charge on any atom is -0.488 e. The molecule has 0 atom stereocenters. The van der Waals surface area contributed by atoms with E-state index in [1.54, 1.807) is 10.9 Å². The lowest BCUT2D eigenvalue weighted by molar-refractivity contribution is 0.306. The summed E-state index contributed by atoms with van der Waals surface area (Å²) in [5.74, 6) is 1.52. The van der Waals surface area contributed by atoms with Crippen LogP contribution in [0.5, 0.6) is 5.75 Å². The maximum Gasteiger partial charge on any atom is 0.216 e. The van der Waals surface area contributed by atoms with E-state index in [-0.39, 0.29) is 0 Å². The number of nitrogens with one attached hydrogen (secondary N) is 1. The van der Waals surface area contributed by atoms with Crippen LogP contribution in [0.4, 0.5) is 0 Å². The first-order valence-corrected chi connectivity index (χ1v) is 8.63. The highest BCUT2D eigenvalue weighted by atomic mass is 35.5. The lowest BCUT2D eigenvalue weighted by atomic mass is 10.2. The largest absolute Gasteiger partial charge is 0.488 e. The smallest absolute Gasteiger partial charge is 0.216 e. The van der Waals surface area contributed by atoms with Gasteiger partial charge in [-0.1, -0.05) is 42.8 Å². The number of aromatic nitrogens is 3. The molecule has 1 N–H and O–H groups in total.